The van der Waals surface area contributed by atoms with Gasteiger partial charge in [-0.2, -0.15) is 0 Å². The van der Waals surface area contributed by atoms with Crippen molar-refractivity contribution >= 4 is 11.9 Å². The molecule has 0 unspecified atom stereocenters. The largest absolute Gasteiger partial charge is 0.477 e. The van der Waals surface area contributed by atoms with E-state index in [1.54, 1.807) is 0 Å². The van der Waals surface area contributed by atoms with Gasteiger partial charge in [-0.25, -0.2) is 9.78 Å². The number of nitrogens with one attached hydrogen (secondary N) is 1. The molecule has 0 saturated carbocycles. The summed E-state index contributed by atoms with van der Waals surface area (Å²) in [7, 11) is 0. The molecular weight excluding hydrogens is 248 g/mol. The van der Waals surface area contributed by atoms with Crippen LogP contribution in [0, 0.1) is 0 Å². The number of carboxylic acids is 1. The first kappa shape index (κ1) is 14.8. The average molecular weight is 264 g/mol. The number of aromatic nitrogens is 1. The average Bonchev–Trinajstić information content (AvgIpc) is 2.37. The maximum atomic E-state index is 11.7. The third kappa shape index (κ3) is 5.31. The fourth-order valence-corrected chi connectivity index (χ4v) is 1.25. The number of hydrogen-bond acceptors (Lipinski definition) is 4. The highest BCUT2D eigenvalue weighted by Gasteiger charge is 2.10. The van der Waals surface area contributed by atoms with Gasteiger partial charge in [-0.3, -0.25) is 4.79 Å². The number of carboxylic acid groups (broad SMARTS) is 1. The Kier molecular flexibility index (Phi) is 5.69. The van der Waals surface area contributed by atoms with Crippen molar-refractivity contribution < 1.29 is 19.4 Å². The zero-order chi connectivity index (χ0) is 14.3. The molecule has 0 saturated heterocycles. The molecule has 1 aromatic rings. The second-order valence-corrected chi connectivity index (χ2v) is 3.98. The van der Waals surface area contributed by atoms with E-state index in [-0.39, 0.29) is 11.4 Å². The van der Waals surface area contributed by atoms with E-state index < -0.39 is 11.9 Å². The van der Waals surface area contributed by atoms with Gasteiger partial charge in [0.15, 0.2) is 0 Å². The van der Waals surface area contributed by atoms with Gasteiger partial charge in [0.05, 0.1) is 13.2 Å². The predicted molar refractivity (Wildman–Crippen MR) is 69.2 cm³/mol. The highest BCUT2D eigenvalue weighted by molar-refractivity contribution is 5.94. The van der Waals surface area contributed by atoms with Gasteiger partial charge in [-0.1, -0.05) is 18.2 Å². The van der Waals surface area contributed by atoms with Crippen LogP contribution in [-0.4, -0.2) is 41.7 Å². The molecule has 1 rings (SSSR count). The molecule has 0 bridgehead atoms. The second kappa shape index (κ2) is 7.27. The lowest BCUT2D eigenvalue weighted by atomic mass is 10.3. The van der Waals surface area contributed by atoms with Crippen LogP contribution >= 0.6 is 0 Å². The van der Waals surface area contributed by atoms with Crippen molar-refractivity contribution in [3.63, 3.8) is 0 Å². The van der Waals surface area contributed by atoms with Crippen LogP contribution in [0.4, 0.5) is 0 Å². The fourth-order valence-electron chi connectivity index (χ4n) is 1.25. The van der Waals surface area contributed by atoms with Gasteiger partial charge in [-0.05, 0) is 19.1 Å². The number of nitrogens with zero attached hydrogens (tertiary/aromatic N) is 1. The number of rotatable bonds is 7. The molecule has 19 heavy (non-hydrogen) atoms. The fraction of sp³-hybridized carbons (Fsp3) is 0.308. The van der Waals surface area contributed by atoms with Crippen LogP contribution in [0.25, 0.3) is 0 Å². The van der Waals surface area contributed by atoms with Crippen LogP contribution in [0.2, 0.25) is 0 Å². The van der Waals surface area contributed by atoms with Crippen molar-refractivity contribution in [1.29, 1.82) is 0 Å². The maximum Gasteiger partial charge on any atom is 0.354 e. The Morgan fingerprint density at radius 1 is 1.42 bits per heavy atom. The highest BCUT2D eigenvalue weighted by Crippen LogP contribution is 1.99. The molecule has 0 spiro atoms. The number of amides is 1. The van der Waals surface area contributed by atoms with E-state index in [0.717, 1.165) is 5.57 Å². The first-order valence-corrected chi connectivity index (χ1v) is 5.71. The van der Waals surface area contributed by atoms with E-state index in [2.05, 4.69) is 16.9 Å². The summed E-state index contributed by atoms with van der Waals surface area (Å²) >= 11 is 0. The summed E-state index contributed by atoms with van der Waals surface area (Å²) in [5.74, 6) is -1.60. The summed E-state index contributed by atoms with van der Waals surface area (Å²) in [6.45, 7) is 6.66. The quantitative estimate of drug-likeness (QED) is 0.568. The monoisotopic (exact) mass is 264 g/mol. The molecule has 0 aliphatic heterocycles. The van der Waals surface area contributed by atoms with E-state index in [4.69, 9.17) is 9.84 Å². The minimum absolute atomic E-state index is 0.0693. The van der Waals surface area contributed by atoms with Crippen molar-refractivity contribution in [3.8, 4) is 0 Å². The molecule has 1 amide bonds. The number of pyridine rings is 1. The summed E-state index contributed by atoms with van der Waals surface area (Å²) in [5, 5.41) is 11.4. The molecular formula is C13H16N2O4. The summed E-state index contributed by atoms with van der Waals surface area (Å²) in [6, 6.07) is 4.26. The summed E-state index contributed by atoms with van der Waals surface area (Å²) < 4.78 is 5.21. The Balaban J connectivity index is 2.43. The van der Waals surface area contributed by atoms with Crippen molar-refractivity contribution in [2.75, 3.05) is 19.8 Å². The topological polar surface area (TPSA) is 88.5 Å². The molecule has 0 aliphatic rings. The molecule has 0 radical (unpaired) electrons. The van der Waals surface area contributed by atoms with Crippen LogP contribution < -0.4 is 5.32 Å². The number of aromatic carboxylic acids is 1. The third-order valence-electron chi connectivity index (χ3n) is 2.08. The summed E-state index contributed by atoms with van der Waals surface area (Å²) in [6.07, 6.45) is 0. The van der Waals surface area contributed by atoms with Gasteiger partial charge in [0, 0.05) is 6.54 Å². The normalized spacial score (nSPS) is 9.95. The molecule has 1 aromatic heterocycles. The van der Waals surface area contributed by atoms with Gasteiger partial charge in [-0.15, -0.1) is 0 Å². The van der Waals surface area contributed by atoms with Crippen molar-refractivity contribution in [2.45, 2.75) is 6.92 Å². The van der Waals surface area contributed by atoms with E-state index >= 15 is 0 Å². The molecule has 102 valence electrons. The van der Waals surface area contributed by atoms with Crippen molar-refractivity contribution in [3.05, 3.63) is 41.7 Å². The van der Waals surface area contributed by atoms with E-state index in [9.17, 15) is 9.59 Å². The number of ether oxygens (including phenoxy) is 1. The van der Waals surface area contributed by atoms with Crippen molar-refractivity contribution in [1.82, 2.24) is 10.3 Å². The zero-order valence-corrected chi connectivity index (χ0v) is 10.7. The van der Waals surface area contributed by atoms with Crippen LogP contribution in [0.15, 0.2) is 30.4 Å². The van der Waals surface area contributed by atoms with Crippen molar-refractivity contribution in [2.24, 2.45) is 0 Å². The molecule has 2 N–H and O–H groups in total. The number of hydrogen-bond donors (Lipinski definition) is 2. The molecule has 0 atom stereocenters. The maximum absolute atomic E-state index is 11.7. The van der Waals surface area contributed by atoms with E-state index in [1.807, 2.05) is 6.92 Å². The zero-order valence-electron chi connectivity index (χ0n) is 10.7. The van der Waals surface area contributed by atoms with Crippen LogP contribution in [0.1, 0.15) is 27.9 Å². The highest BCUT2D eigenvalue weighted by atomic mass is 16.5. The lowest BCUT2D eigenvalue weighted by molar-refractivity contribution is 0.0690. The SMILES string of the molecule is C=C(C)COCCNC(=O)c1cccc(C(=O)O)n1. The number of carbonyl (C=O) groups is 2. The summed E-state index contributed by atoms with van der Waals surface area (Å²) in [4.78, 5) is 26.1. The number of carbonyl (C=O) groups excluding carboxylic acids is 1. The Morgan fingerprint density at radius 2 is 2.11 bits per heavy atom. The molecule has 6 heteroatoms. The molecule has 0 fully saturated rings. The molecule has 1 heterocycles. The Bertz CT molecular complexity index is 485. The lowest BCUT2D eigenvalue weighted by Crippen LogP contribution is -2.28. The van der Waals surface area contributed by atoms with E-state index in [1.165, 1.54) is 18.2 Å². The standard InChI is InChI=1S/C13H16N2O4/c1-9(2)8-19-7-6-14-12(16)10-4-3-5-11(15-10)13(17)18/h3-5H,1,6-8H2,2H3,(H,14,16)(H,17,18). The third-order valence-corrected chi connectivity index (χ3v) is 2.08. The molecule has 6 nitrogen and oxygen atoms in total. The van der Waals surface area contributed by atoms with Gasteiger partial charge in [0.25, 0.3) is 5.91 Å². The predicted octanol–water partition coefficient (Wildman–Crippen LogP) is 1.10. The smallest absolute Gasteiger partial charge is 0.354 e. The van der Waals surface area contributed by atoms with Gasteiger partial charge in [0.1, 0.15) is 11.4 Å². The van der Waals surface area contributed by atoms with Gasteiger partial charge >= 0.3 is 5.97 Å². The minimum Gasteiger partial charge on any atom is -0.477 e. The molecule has 0 aliphatic carbocycles. The first-order chi connectivity index (χ1) is 9.00. The Hall–Kier alpha value is -2.21. The summed E-state index contributed by atoms with van der Waals surface area (Å²) in [5.41, 5.74) is 0.813. The van der Waals surface area contributed by atoms with Gasteiger partial charge in [0.2, 0.25) is 0 Å². The Labute approximate surface area is 111 Å². The minimum atomic E-state index is -1.17. The van der Waals surface area contributed by atoms with Gasteiger partial charge < -0.3 is 15.2 Å². The van der Waals surface area contributed by atoms with Crippen LogP contribution in [-0.2, 0) is 4.74 Å². The van der Waals surface area contributed by atoms with E-state index in [0.29, 0.717) is 19.8 Å². The lowest BCUT2D eigenvalue weighted by Gasteiger charge is -2.06. The van der Waals surface area contributed by atoms with Crippen LogP contribution in [0.5, 0.6) is 0 Å². The van der Waals surface area contributed by atoms with Crippen LogP contribution in [0.3, 0.4) is 0 Å². The molecule has 0 aromatic carbocycles. The first-order valence-electron chi connectivity index (χ1n) is 5.71. The Morgan fingerprint density at radius 3 is 2.74 bits per heavy atom. The second-order valence-electron chi connectivity index (χ2n) is 3.98.